The van der Waals surface area contributed by atoms with Gasteiger partial charge >= 0.3 is 0 Å². The summed E-state index contributed by atoms with van der Waals surface area (Å²) < 4.78 is 0. The summed E-state index contributed by atoms with van der Waals surface area (Å²) in [7, 11) is 0. The van der Waals surface area contributed by atoms with Crippen LogP contribution in [-0.2, 0) is 0 Å². The lowest BCUT2D eigenvalue weighted by atomic mass is 10.0. The van der Waals surface area contributed by atoms with E-state index in [4.69, 9.17) is 6.42 Å². The largest absolute Gasteiger partial charge is 0.311 e. The molecule has 1 fully saturated rings. The molecule has 0 aromatic heterocycles. The Balaban J connectivity index is 2.19. The van der Waals surface area contributed by atoms with Crippen LogP contribution < -0.4 is 5.32 Å². The van der Waals surface area contributed by atoms with Crippen molar-refractivity contribution in [1.29, 1.82) is 0 Å². The van der Waals surface area contributed by atoms with Gasteiger partial charge in [0.1, 0.15) is 0 Å². The molecule has 0 spiro atoms. The minimum atomic E-state index is 0.652. The summed E-state index contributed by atoms with van der Waals surface area (Å²) in [5, 5.41) is 3.65. The molecule has 80 valence electrons. The van der Waals surface area contributed by atoms with Gasteiger partial charge in [-0.05, 0) is 26.2 Å². The molecule has 2 heteroatoms. The molecule has 1 rings (SSSR count). The summed E-state index contributed by atoms with van der Waals surface area (Å²) >= 11 is 0. The maximum atomic E-state index is 5.29. The molecule has 1 saturated heterocycles. The maximum absolute atomic E-state index is 5.29. The molecule has 14 heavy (non-hydrogen) atoms. The Hall–Kier alpha value is -0.520. The summed E-state index contributed by atoms with van der Waals surface area (Å²) in [6.45, 7) is 7.60. The third-order valence-electron chi connectivity index (χ3n) is 3.04. The molecule has 2 nitrogen and oxygen atoms in total. The van der Waals surface area contributed by atoms with E-state index in [1.165, 1.54) is 19.3 Å². The quantitative estimate of drug-likeness (QED) is 0.682. The number of likely N-dealkylation sites (tertiary alicyclic amines) is 1. The van der Waals surface area contributed by atoms with E-state index in [1.54, 1.807) is 0 Å². The maximum Gasteiger partial charge on any atom is 0.0598 e. The van der Waals surface area contributed by atoms with Crippen LogP contribution in [0.3, 0.4) is 0 Å². The third-order valence-corrected chi connectivity index (χ3v) is 3.04. The lowest BCUT2D eigenvalue weighted by Gasteiger charge is -2.32. The molecule has 1 heterocycles. The fraction of sp³-hybridized carbons (Fsp3) is 0.833. The van der Waals surface area contributed by atoms with Crippen molar-refractivity contribution in [3.8, 4) is 12.3 Å². The van der Waals surface area contributed by atoms with E-state index in [1.807, 2.05) is 0 Å². The van der Waals surface area contributed by atoms with Crippen molar-refractivity contribution in [2.75, 3.05) is 19.6 Å². The van der Waals surface area contributed by atoms with Crippen LogP contribution in [0.1, 0.15) is 33.1 Å². The Morgan fingerprint density at radius 1 is 1.50 bits per heavy atom. The molecule has 1 aliphatic heterocycles. The van der Waals surface area contributed by atoms with Gasteiger partial charge in [0.2, 0.25) is 0 Å². The van der Waals surface area contributed by atoms with Crippen molar-refractivity contribution >= 4 is 0 Å². The highest BCUT2D eigenvalue weighted by atomic mass is 15.1. The number of hydrogen-bond donors (Lipinski definition) is 1. The van der Waals surface area contributed by atoms with Crippen molar-refractivity contribution < 1.29 is 0 Å². The molecule has 0 aromatic rings. The Kier molecular flexibility index (Phi) is 5.00. The average Bonchev–Trinajstić information content (AvgIpc) is 2.21. The zero-order chi connectivity index (χ0) is 10.4. The second-order valence-electron chi connectivity index (χ2n) is 4.23. The van der Waals surface area contributed by atoms with Crippen molar-refractivity contribution in [1.82, 2.24) is 10.2 Å². The van der Waals surface area contributed by atoms with E-state index < -0.39 is 0 Å². The van der Waals surface area contributed by atoms with Gasteiger partial charge in [-0.15, -0.1) is 6.42 Å². The van der Waals surface area contributed by atoms with Crippen LogP contribution in [0.15, 0.2) is 0 Å². The smallest absolute Gasteiger partial charge is 0.0598 e. The Bertz CT molecular complexity index is 187. The van der Waals surface area contributed by atoms with Crippen LogP contribution in [0.25, 0.3) is 0 Å². The fourth-order valence-electron chi connectivity index (χ4n) is 1.91. The first-order chi connectivity index (χ1) is 6.76. The number of rotatable bonds is 4. The Morgan fingerprint density at radius 3 is 2.64 bits per heavy atom. The molecule has 1 N–H and O–H groups in total. The van der Waals surface area contributed by atoms with E-state index in [0.717, 1.165) is 19.6 Å². The Morgan fingerprint density at radius 2 is 2.14 bits per heavy atom. The van der Waals surface area contributed by atoms with Gasteiger partial charge in [-0.2, -0.15) is 0 Å². The molecule has 1 aliphatic rings. The zero-order valence-corrected chi connectivity index (χ0v) is 9.42. The van der Waals surface area contributed by atoms with Gasteiger partial charge < -0.3 is 5.32 Å². The predicted octanol–water partition coefficient (Wildman–Crippen LogP) is 1.47. The molecule has 0 bridgehead atoms. The van der Waals surface area contributed by atoms with Crippen molar-refractivity contribution in [3.05, 3.63) is 0 Å². The highest BCUT2D eigenvalue weighted by molar-refractivity contribution is 4.90. The lowest BCUT2D eigenvalue weighted by molar-refractivity contribution is 0.210. The Labute approximate surface area is 88.1 Å². The SMILES string of the molecule is C#CCN1CCC(NC(C)CC)CC1. The molecule has 1 atom stereocenters. The minimum absolute atomic E-state index is 0.652. The number of nitrogens with one attached hydrogen (secondary N) is 1. The minimum Gasteiger partial charge on any atom is -0.311 e. The van der Waals surface area contributed by atoms with Gasteiger partial charge in [-0.3, -0.25) is 4.90 Å². The van der Waals surface area contributed by atoms with Gasteiger partial charge in [-0.1, -0.05) is 12.8 Å². The van der Waals surface area contributed by atoms with Crippen LogP contribution in [0.2, 0.25) is 0 Å². The first-order valence-electron chi connectivity index (χ1n) is 5.68. The fourth-order valence-corrected chi connectivity index (χ4v) is 1.91. The number of terminal acetylenes is 1. The summed E-state index contributed by atoms with van der Waals surface area (Å²) in [6, 6.07) is 1.36. The number of nitrogens with zero attached hydrogens (tertiary/aromatic N) is 1. The summed E-state index contributed by atoms with van der Waals surface area (Å²) in [5.41, 5.74) is 0. The predicted molar refractivity (Wildman–Crippen MR) is 61.2 cm³/mol. The standard InChI is InChI=1S/C12H22N2/c1-4-8-14-9-6-12(7-10-14)13-11(3)5-2/h1,11-13H,5-10H2,2-3H3. The first-order valence-corrected chi connectivity index (χ1v) is 5.68. The van der Waals surface area contributed by atoms with Crippen LogP contribution >= 0.6 is 0 Å². The first kappa shape index (κ1) is 11.6. The highest BCUT2D eigenvalue weighted by Gasteiger charge is 2.18. The van der Waals surface area contributed by atoms with Crippen LogP contribution in [0, 0.1) is 12.3 Å². The molecule has 0 aliphatic carbocycles. The topological polar surface area (TPSA) is 15.3 Å². The van der Waals surface area contributed by atoms with Crippen LogP contribution in [-0.4, -0.2) is 36.6 Å². The van der Waals surface area contributed by atoms with Gasteiger partial charge in [0.15, 0.2) is 0 Å². The normalized spacial score (nSPS) is 21.8. The van der Waals surface area contributed by atoms with Crippen LogP contribution in [0.5, 0.6) is 0 Å². The van der Waals surface area contributed by atoms with Gasteiger partial charge in [0.05, 0.1) is 6.54 Å². The highest BCUT2D eigenvalue weighted by Crippen LogP contribution is 2.10. The molecule has 0 radical (unpaired) electrons. The van der Waals surface area contributed by atoms with E-state index in [2.05, 4.69) is 30.0 Å². The molecule has 0 aromatic carbocycles. The van der Waals surface area contributed by atoms with Crippen molar-refractivity contribution in [3.63, 3.8) is 0 Å². The van der Waals surface area contributed by atoms with E-state index in [-0.39, 0.29) is 0 Å². The summed E-state index contributed by atoms with van der Waals surface area (Å²) in [4.78, 5) is 2.36. The monoisotopic (exact) mass is 194 g/mol. The van der Waals surface area contributed by atoms with Gasteiger partial charge in [0.25, 0.3) is 0 Å². The van der Waals surface area contributed by atoms with Crippen molar-refractivity contribution in [2.45, 2.75) is 45.2 Å². The summed E-state index contributed by atoms with van der Waals surface area (Å²) in [5.74, 6) is 2.71. The molecular weight excluding hydrogens is 172 g/mol. The van der Waals surface area contributed by atoms with Crippen LogP contribution in [0.4, 0.5) is 0 Å². The number of piperidine rings is 1. The zero-order valence-electron chi connectivity index (χ0n) is 9.42. The van der Waals surface area contributed by atoms with Gasteiger partial charge in [-0.25, -0.2) is 0 Å². The van der Waals surface area contributed by atoms with E-state index in [9.17, 15) is 0 Å². The van der Waals surface area contributed by atoms with Crippen molar-refractivity contribution in [2.24, 2.45) is 0 Å². The molecular formula is C12H22N2. The van der Waals surface area contributed by atoms with E-state index >= 15 is 0 Å². The summed E-state index contributed by atoms with van der Waals surface area (Å²) in [6.07, 6.45) is 8.99. The molecule has 1 unspecified atom stereocenters. The third kappa shape index (κ3) is 3.69. The number of hydrogen-bond acceptors (Lipinski definition) is 2. The van der Waals surface area contributed by atoms with E-state index in [0.29, 0.717) is 12.1 Å². The second-order valence-corrected chi connectivity index (χ2v) is 4.23. The average molecular weight is 194 g/mol. The lowest BCUT2D eigenvalue weighted by Crippen LogP contribution is -2.45. The second kappa shape index (κ2) is 6.06. The molecule has 0 amide bonds. The molecule has 0 saturated carbocycles. The van der Waals surface area contributed by atoms with Gasteiger partial charge in [0, 0.05) is 25.2 Å².